The van der Waals surface area contributed by atoms with E-state index in [1.807, 2.05) is 6.07 Å². The fourth-order valence-corrected chi connectivity index (χ4v) is 2.04. The number of rotatable bonds is 3. The van der Waals surface area contributed by atoms with Gasteiger partial charge in [-0.25, -0.2) is 4.39 Å². The number of aromatic hydroxyl groups is 1. The Morgan fingerprint density at radius 3 is 2.67 bits per heavy atom. The minimum Gasteiger partial charge on any atom is -0.508 e. The molecule has 0 aliphatic rings. The van der Waals surface area contributed by atoms with Crippen LogP contribution in [0, 0.1) is 5.82 Å². The maximum atomic E-state index is 13.8. The molecule has 1 atom stereocenters. The first-order chi connectivity index (χ1) is 8.58. The quantitative estimate of drug-likeness (QED) is 0.893. The topological polar surface area (TPSA) is 46.2 Å². The van der Waals surface area contributed by atoms with Crippen molar-refractivity contribution in [1.29, 1.82) is 0 Å². The van der Waals surface area contributed by atoms with Crippen LogP contribution in [0.3, 0.4) is 0 Å². The van der Waals surface area contributed by atoms with Crippen molar-refractivity contribution in [1.82, 2.24) is 0 Å². The van der Waals surface area contributed by atoms with Gasteiger partial charge < -0.3 is 10.8 Å². The molecule has 2 nitrogen and oxygen atoms in total. The third-order valence-electron chi connectivity index (χ3n) is 2.75. The van der Waals surface area contributed by atoms with Crippen molar-refractivity contribution in [3.05, 3.63) is 64.4 Å². The van der Waals surface area contributed by atoms with E-state index < -0.39 is 11.9 Å². The highest BCUT2D eigenvalue weighted by Crippen LogP contribution is 2.25. The summed E-state index contributed by atoms with van der Waals surface area (Å²) in [7, 11) is 0. The molecule has 3 N–H and O–H groups in total. The maximum Gasteiger partial charge on any atom is 0.146 e. The van der Waals surface area contributed by atoms with E-state index in [4.69, 9.17) is 17.3 Å². The summed E-state index contributed by atoms with van der Waals surface area (Å²) in [5.41, 5.74) is 7.20. The van der Waals surface area contributed by atoms with Gasteiger partial charge in [0.05, 0.1) is 5.02 Å². The number of nitrogens with two attached hydrogens (primary N) is 1. The van der Waals surface area contributed by atoms with Gasteiger partial charge in [0.1, 0.15) is 11.6 Å². The van der Waals surface area contributed by atoms with Crippen LogP contribution < -0.4 is 5.73 Å². The number of phenols is 1. The predicted molar refractivity (Wildman–Crippen MR) is 70.1 cm³/mol. The van der Waals surface area contributed by atoms with E-state index in [2.05, 4.69) is 0 Å². The van der Waals surface area contributed by atoms with Crippen LogP contribution in [-0.2, 0) is 6.42 Å². The van der Waals surface area contributed by atoms with Crippen molar-refractivity contribution in [3.63, 3.8) is 0 Å². The molecular weight excluding hydrogens is 253 g/mol. The predicted octanol–water partition coefficient (Wildman–Crippen LogP) is 3.43. The molecule has 1 unspecified atom stereocenters. The van der Waals surface area contributed by atoms with Gasteiger partial charge in [0.25, 0.3) is 0 Å². The minimum absolute atomic E-state index is 0.0684. The minimum atomic E-state index is -0.495. The van der Waals surface area contributed by atoms with Crippen molar-refractivity contribution in [2.24, 2.45) is 5.73 Å². The van der Waals surface area contributed by atoms with Gasteiger partial charge in [0.2, 0.25) is 0 Å². The Bertz CT molecular complexity index is 559. The fourth-order valence-electron chi connectivity index (χ4n) is 1.85. The van der Waals surface area contributed by atoms with Crippen LogP contribution in [0.4, 0.5) is 4.39 Å². The summed E-state index contributed by atoms with van der Waals surface area (Å²) in [5.74, 6) is -0.307. The molecule has 0 spiro atoms. The molecule has 2 rings (SSSR count). The molecule has 2 aromatic rings. The molecule has 0 aliphatic carbocycles. The molecule has 0 aromatic heterocycles. The smallest absolute Gasteiger partial charge is 0.146 e. The molecule has 2 aromatic carbocycles. The van der Waals surface area contributed by atoms with Gasteiger partial charge in [-0.05, 0) is 30.2 Å². The lowest BCUT2D eigenvalue weighted by Crippen LogP contribution is -2.15. The number of hydrogen-bond acceptors (Lipinski definition) is 2. The normalized spacial score (nSPS) is 12.4. The highest BCUT2D eigenvalue weighted by atomic mass is 35.5. The highest BCUT2D eigenvalue weighted by molar-refractivity contribution is 6.30. The van der Waals surface area contributed by atoms with Crippen molar-refractivity contribution < 1.29 is 9.50 Å². The van der Waals surface area contributed by atoms with E-state index in [1.54, 1.807) is 30.3 Å². The second-order valence-corrected chi connectivity index (χ2v) is 4.53. The highest BCUT2D eigenvalue weighted by Gasteiger charge is 2.14. The Kier molecular flexibility index (Phi) is 3.84. The van der Waals surface area contributed by atoms with E-state index in [0.29, 0.717) is 12.0 Å². The molecule has 0 saturated heterocycles. The monoisotopic (exact) mass is 265 g/mol. The van der Waals surface area contributed by atoms with Crippen molar-refractivity contribution in [3.8, 4) is 5.75 Å². The Hall–Kier alpha value is -1.58. The molecule has 0 fully saturated rings. The van der Waals surface area contributed by atoms with E-state index in [0.717, 1.165) is 5.56 Å². The maximum absolute atomic E-state index is 13.8. The summed E-state index contributed by atoms with van der Waals surface area (Å²) in [4.78, 5) is 0. The molecule has 18 heavy (non-hydrogen) atoms. The lowest BCUT2D eigenvalue weighted by molar-refractivity contribution is 0.474. The summed E-state index contributed by atoms with van der Waals surface area (Å²) in [6.45, 7) is 0. The van der Waals surface area contributed by atoms with E-state index in [-0.39, 0.29) is 10.8 Å². The Balaban J connectivity index is 2.22. The second-order valence-electron chi connectivity index (χ2n) is 4.12. The summed E-state index contributed by atoms with van der Waals surface area (Å²) in [6, 6.07) is 11.0. The lowest BCUT2D eigenvalue weighted by atomic mass is 9.99. The first-order valence-electron chi connectivity index (χ1n) is 5.55. The standard InChI is InChI=1S/C14H13ClFNO/c15-12-6-2-5-11(14(12)16)13(17)8-9-3-1-4-10(18)7-9/h1-7,13,18H,8,17H2. The van der Waals surface area contributed by atoms with Crippen LogP contribution in [0.15, 0.2) is 42.5 Å². The molecule has 0 radical (unpaired) electrons. The largest absolute Gasteiger partial charge is 0.508 e. The first-order valence-corrected chi connectivity index (χ1v) is 5.93. The molecule has 4 heteroatoms. The summed E-state index contributed by atoms with van der Waals surface area (Å²) < 4.78 is 13.8. The van der Waals surface area contributed by atoms with Gasteiger partial charge in [-0.2, -0.15) is 0 Å². The summed E-state index contributed by atoms with van der Waals surface area (Å²) >= 11 is 5.72. The van der Waals surface area contributed by atoms with Gasteiger partial charge in [-0.15, -0.1) is 0 Å². The molecule has 0 amide bonds. The van der Waals surface area contributed by atoms with Crippen LogP contribution in [0.2, 0.25) is 5.02 Å². The van der Waals surface area contributed by atoms with Crippen molar-refractivity contribution in [2.75, 3.05) is 0 Å². The van der Waals surface area contributed by atoms with Gasteiger partial charge in [-0.3, -0.25) is 0 Å². The van der Waals surface area contributed by atoms with E-state index in [1.165, 1.54) is 6.07 Å². The number of halogens is 2. The van der Waals surface area contributed by atoms with Gasteiger partial charge >= 0.3 is 0 Å². The summed E-state index contributed by atoms with van der Waals surface area (Å²) in [6.07, 6.45) is 0.436. The van der Waals surface area contributed by atoms with Gasteiger partial charge in [-0.1, -0.05) is 35.9 Å². The zero-order valence-corrected chi connectivity index (χ0v) is 10.4. The molecular formula is C14H13ClFNO. The van der Waals surface area contributed by atoms with Crippen molar-refractivity contribution >= 4 is 11.6 Å². The number of hydrogen-bond donors (Lipinski definition) is 2. The molecule has 0 saturated carbocycles. The molecule has 0 bridgehead atoms. The van der Waals surface area contributed by atoms with E-state index in [9.17, 15) is 9.50 Å². The Morgan fingerprint density at radius 2 is 1.94 bits per heavy atom. The zero-order chi connectivity index (χ0) is 13.1. The summed E-state index contributed by atoms with van der Waals surface area (Å²) in [5, 5.41) is 9.43. The van der Waals surface area contributed by atoms with Crippen LogP contribution >= 0.6 is 11.6 Å². The second kappa shape index (κ2) is 5.38. The fraction of sp³-hybridized carbons (Fsp3) is 0.143. The van der Waals surface area contributed by atoms with Crippen molar-refractivity contribution in [2.45, 2.75) is 12.5 Å². The van der Waals surface area contributed by atoms with E-state index >= 15 is 0 Å². The Morgan fingerprint density at radius 1 is 1.22 bits per heavy atom. The lowest BCUT2D eigenvalue weighted by Gasteiger charge is -2.13. The average Bonchev–Trinajstić information content (AvgIpc) is 2.32. The average molecular weight is 266 g/mol. The third-order valence-corrected chi connectivity index (χ3v) is 3.04. The Labute approximate surface area is 110 Å². The SMILES string of the molecule is NC(Cc1cccc(O)c1)c1cccc(Cl)c1F. The van der Waals surface area contributed by atoms with Gasteiger partial charge in [0, 0.05) is 11.6 Å². The van der Waals surface area contributed by atoms with Crippen LogP contribution in [0.25, 0.3) is 0 Å². The molecule has 0 heterocycles. The first kappa shape index (κ1) is 12.9. The number of benzene rings is 2. The van der Waals surface area contributed by atoms with Gasteiger partial charge in [0.15, 0.2) is 0 Å². The van der Waals surface area contributed by atoms with Crippen LogP contribution in [0.1, 0.15) is 17.2 Å². The van der Waals surface area contributed by atoms with Crippen LogP contribution in [-0.4, -0.2) is 5.11 Å². The molecule has 0 aliphatic heterocycles. The van der Waals surface area contributed by atoms with Crippen LogP contribution in [0.5, 0.6) is 5.75 Å². The zero-order valence-electron chi connectivity index (χ0n) is 9.61. The molecule has 94 valence electrons. The third kappa shape index (κ3) is 2.81. The number of phenolic OH excluding ortho intramolecular Hbond substituents is 1.